The molecule has 2 bridgehead atoms. The molecule has 0 aromatic heterocycles. The molecule has 2 saturated carbocycles. The molecule has 118 valence electrons. The van der Waals surface area contributed by atoms with Gasteiger partial charge in [0, 0.05) is 0 Å². The van der Waals surface area contributed by atoms with E-state index in [0.717, 1.165) is 17.0 Å². The van der Waals surface area contributed by atoms with Crippen LogP contribution in [0.3, 0.4) is 0 Å². The summed E-state index contributed by atoms with van der Waals surface area (Å²) in [5.41, 5.74) is 1.32. The lowest BCUT2D eigenvalue weighted by Gasteiger charge is -2.37. The Kier molecular flexibility index (Phi) is 2.64. The van der Waals surface area contributed by atoms with Crippen molar-refractivity contribution in [2.75, 3.05) is 0 Å². The van der Waals surface area contributed by atoms with E-state index < -0.39 is 0 Å². The van der Waals surface area contributed by atoms with Crippen molar-refractivity contribution in [2.45, 2.75) is 6.42 Å². The second-order valence-electron chi connectivity index (χ2n) is 7.12. The molecule has 5 aliphatic rings. The van der Waals surface area contributed by atoms with Crippen LogP contribution in [0, 0.1) is 46.8 Å². The average molecular weight is 317 g/mol. The van der Waals surface area contributed by atoms with E-state index in [0.29, 0.717) is 17.4 Å². The van der Waals surface area contributed by atoms with Crippen LogP contribution in [0.15, 0.2) is 41.5 Å². The van der Waals surface area contributed by atoms with Crippen LogP contribution in [0.5, 0.6) is 0 Å². The van der Waals surface area contributed by atoms with Crippen molar-refractivity contribution in [3.05, 3.63) is 47.5 Å². The van der Waals surface area contributed by atoms with Gasteiger partial charge in [0.2, 0.25) is 0 Å². The monoisotopic (exact) mass is 317 g/mol. The zero-order valence-electron chi connectivity index (χ0n) is 12.9. The Bertz CT molecular complexity index is 812. The first kappa shape index (κ1) is 13.7. The number of imide groups is 1. The van der Waals surface area contributed by atoms with E-state index in [2.05, 4.69) is 23.3 Å². The molecule has 1 aromatic carbocycles. The van der Waals surface area contributed by atoms with Crippen molar-refractivity contribution in [2.24, 2.45) is 40.6 Å². The normalized spacial score (nSPS) is 38.4. The van der Waals surface area contributed by atoms with E-state index in [4.69, 9.17) is 5.26 Å². The third-order valence-electron chi connectivity index (χ3n) is 6.00. The molecule has 0 N–H and O–H groups in total. The Morgan fingerprint density at radius 1 is 1.04 bits per heavy atom. The van der Waals surface area contributed by atoms with Crippen LogP contribution < -0.4 is 0 Å². The molecule has 3 fully saturated rings. The van der Waals surface area contributed by atoms with Gasteiger partial charge in [-0.15, -0.1) is 0 Å². The molecular weight excluding hydrogens is 302 g/mol. The number of benzene rings is 1. The molecule has 0 spiro atoms. The van der Waals surface area contributed by atoms with Crippen molar-refractivity contribution in [1.82, 2.24) is 5.01 Å². The summed E-state index contributed by atoms with van der Waals surface area (Å²) in [6.07, 6.45) is 6.98. The summed E-state index contributed by atoms with van der Waals surface area (Å²) in [4.78, 5) is 25.5. The summed E-state index contributed by atoms with van der Waals surface area (Å²) in [5.74, 6) is 0.900. The summed E-state index contributed by atoms with van der Waals surface area (Å²) in [7, 11) is 0. The lowest BCUT2D eigenvalue weighted by Crippen LogP contribution is -2.40. The highest BCUT2D eigenvalue weighted by Gasteiger charge is 2.67. The Morgan fingerprint density at radius 2 is 1.62 bits per heavy atom. The van der Waals surface area contributed by atoms with Crippen LogP contribution in [-0.4, -0.2) is 23.0 Å². The minimum Gasteiger partial charge on any atom is -0.272 e. The second-order valence-corrected chi connectivity index (χ2v) is 7.12. The van der Waals surface area contributed by atoms with Gasteiger partial charge in [-0.2, -0.15) is 15.4 Å². The van der Waals surface area contributed by atoms with Crippen LogP contribution in [0.2, 0.25) is 0 Å². The topological polar surface area (TPSA) is 73.5 Å². The van der Waals surface area contributed by atoms with E-state index >= 15 is 0 Å². The lowest BCUT2D eigenvalue weighted by molar-refractivity contribution is -0.140. The summed E-state index contributed by atoms with van der Waals surface area (Å²) in [6, 6.07) is 8.93. The number of allylic oxidation sites excluding steroid dienone is 2. The minimum absolute atomic E-state index is 0.153. The van der Waals surface area contributed by atoms with Crippen LogP contribution in [0.4, 0.5) is 0 Å². The van der Waals surface area contributed by atoms with Crippen molar-refractivity contribution < 1.29 is 9.59 Å². The molecule has 6 atom stereocenters. The molecule has 1 saturated heterocycles. The first-order valence-corrected chi connectivity index (χ1v) is 8.29. The fourth-order valence-corrected chi connectivity index (χ4v) is 4.82. The predicted molar refractivity (Wildman–Crippen MR) is 85.3 cm³/mol. The maximum atomic E-state index is 12.7. The fraction of sp³-hybridized carbons (Fsp3) is 0.368. The minimum atomic E-state index is -0.214. The molecule has 5 heteroatoms. The number of carbonyl (C=O) groups excluding carboxylic acids is 2. The van der Waals surface area contributed by atoms with Gasteiger partial charge in [-0.3, -0.25) is 9.59 Å². The first-order chi connectivity index (χ1) is 11.7. The predicted octanol–water partition coefficient (Wildman–Crippen LogP) is 1.95. The number of carbonyl (C=O) groups is 2. The van der Waals surface area contributed by atoms with Gasteiger partial charge in [0.1, 0.15) is 0 Å². The number of hydrazone groups is 1. The summed E-state index contributed by atoms with van der Waals surface area (Å²) >= 11 is 0. The van der Waals surface area contributed by atoms with E-state index in [-0.39, 0.29) is 35.5 Å². The summed E-state index contributed by atoms with van der Waals surface area (Å²) < 4.78 is 0. The summed E-state index contributed by atoms with van der Waals surface area (Å²) in [5, 5.41) is 14.1. The highest BCUT2D eigenvalue weighted by atomic mass is 16.2. The van der Waals surface area contributed by atoms with Crippen LogP contribution in [0.1, 0.15) is 17.5 Å². The maximum absolute atomic E-state index is 12.7. The quantitative estimate of drug-likeness (QED) is 0.475. The third kappa shape index (κ3) is 1.71. The Morgan fingerprint density at radius 3 is 2.17 bits per heavy atom. The Labute approximate surface area is 139 Å². The maximum Gasteiger partial charge on any atom is 0.254 e. The van der Waals surface area contributed by atoms with E-state index in [1.807, 2.05) is 0 Å². The molecule has 24 heavy (non-hydrogen) atoms. The Balaban J connectivity index is 1.42. The van der Waals surface area contributed by atoms with Gasteiger partial charge in [-0.25, -0.2) is 0 Å². The van der Waals surface area contributed by atoms with Crippen LogP contribution in [0.25, 0.3) is 0 Å². The molecule has 1 aliphatic heterocycles. The smallest absolute Gasteiger partial charge is 0.254 e. The SMILES string of the molecule is N#Cc1ccc(/C=N\N2C(=O)[C@H]3[C@@H]4C=C[C@H]([C@H]5C[C@H]45)[C@@H]3C2=O)cc1. The molecule has 2 amide bonds. The van der Waals surface area contributed by atoms with Crippen molar-refractivity contribution in [1.29, 1.82) is 5.26 Å². The third-order valence-corrected chi connectivity index (χ3v) is 6.00. The van der Waals surface area contributed by atoms with Crippen LogP contribution >= 0.6 is 0 Å². The summed E-state index contributed by atoms with van der Waals surface area (Å²) in [6.45, 7) is 0. The van der Waals surface area contributed by atoms with Crippen molar-refractivity contribution >= 4 is 18.0 Å². The standard InChI is InChI=1S/C19H15N3O2/c20-8-10-1-3-11(4-2-10)9-21-22-18(23)16-12-5-6-13(15-7-14(12)15)17(16)19(22)24/h1-6,9,12-17H,7H2/b21-9-/t12-,13-,14-,15-,16+,17+/m1/s1. The van der Waals surface area contributed by atoms with Crippen molar-refractivity contribution in [3.8, 4) is 6.07 Å². The lowest BCUT2D eigenvalue weighted by atomic mass is 9.63. The van der Waals surface area contributed by atoms with Gasteiger partial charge < -0.3 is 0 Å². The number of rotatable bonds is 2. The molecular formula is C19H15N3O2. The van der Waals surface area contributed by atoms with Gasteiger partial charge >= 0.3 is 0 Å². The van der Waals surface area contributed by atoms with Gasteiger partial charge in [0.15, 0.2) is 0 Å². The largest absolute Gasteiger partial charge is 0.272 e. The molecule has 0 radical (unpaired) electrons. The molecule has 6 rings (SSSR count). The molecule has 4 aliphatic carbocycles. The van der Waals surface area contributed by atoms with E-state index in [9.17, 15) is 9.59 Å². The average Bonchev–Trinajstić information content (AvgIpc) is 3.39. The molecule has 1 aromatic rings. The van der Waals surface area contributed by atoms with Crippen molar-refractivity contribution in [3.63, 3.8) is 0 Å². The number of nitrogens with zero attached hydrogens (tertiary/aromatic N) is 3. The number of hydrogen-bond donors (Lipinski definition) is 0. The van der Waals surface area contributed by atoms with Gasteiger partial charge in [-0.1, -0.05) is 24.3 Å². The number of amides is 2. The number of nitriles is 1. The fourth-order valence-electron chi connectivity index (χ4n) is 4.82. The zero-order chi connectivity index (χ0) is 16.4. The van der Waals surface area contributed by atoms with Gasteiger partial charge in [0.05, 0.1) is 29.7 Å². The van der Waals surface area contributed by atoms with Gasteiger partial charge in [-0.05, 0) is 47.8 Å². The van der Waals surface area contributed by atoms with E-state index in [1.165, 1.54) is 6.21 Å². The highest BCUT2D eigenvalue weighted by Crippen LogP contribution is 2.65. The van der Waals surface area contributed by atoms with E-state index in [1.54, 1.807) is 24.3 Å². The molecule has 5 nitrogen and oxygen atoms in total. The molecule has 1 heterocycles. The number of hydrogen-bond acceptors (Lipinski definition) is 4. The molecule has 0 unspecified atom stereocenters. The highest BCUT2D eigenvalue weighted by molar-refractivity contribution is 6.06. The van der Waals surface area contributed by atoms with Gasteiger partial charge in [0.25, 0.3) is 11.8 Å². The zero-order valence-corrected chi connectivity index (χ0v) is 12.9. The van der Waals surface area contributed by atoms with Crippen LogP contribution in [-0.2, 0) is 9.59 Å². The Hall–Kier alpha value is -2.74. The first-order valence-electron chi connectivity index (χ1n) is 8.29. The second kappa shape index (κ2) is 4.64.